The monoisotopic (exact) mass is 373 g/mol. The molecular weight excluding hydrogens is 351 g/mol. The van der Waals surface area contributed by atoms with E-state index in [1.807, 2.05) is 20.8 Å². The summed E-state index contributed by atoms with van der Waals surface area (Å²) in [6, 6.07) is 3.64. The lowest BCUT2D eigenvalue weighted by Gasteiger charge is -2.12. The van der Waals surface area contributed by atoms with Gasteiger partial charge in [-0.3, -0.25) is 4.79 Å². The average Bonchev–Trinajstić information content (AvgIpc) is 2.89. The van der Waals surface area contributed by atoms with E-state index in [1.165, 1.54) is 17.8 Å². The molecule has 1 aromatic heterocycles. The maximum absolute atomic E-state index is 13.0. The van der Waals surface area contributed by atoms with E-state index in [4.69, 9.17) is 0 Å². The summed E-state index contributed by atoms with van der Waals surface area (Å²) in [4.78, 5) is 16.3. The number of rotatable bonds is 7. The second-order valence-electron chi connectivity index (χ2n) is 5.91. The molecule has 2 rings (SSSR count). The number of alkyl halides is 3. The first-order valence-corrected chi connectivity index (χ1v) is 9.24. The Bertz CT molecular complexity index is 743. The van der Waals surface area contributed by atoms with Crippen molar-refractivity contribution in [3.8, 4) is 0 Å². The number of nitrogens with one attached hydrogen (secondary N) is 1. The van der Waals surface area contributed by atoms with Gasteiger partial charge in [-0.05, 0) is 38.0 Å². The first-order valence-electron chi connectivity index (χ1n) is 8.25. The largest absolute Gasteiger partial charge is 0.416 e. The molecule has 0 aliphatic heterocycles. The summed E-state index contributed by atoms with van der Waals surface area (Å²) in [6.45, 7) is 6.40. The van der Waals surface area contributed by atoms with Crippen molar-refractivity contribution in [2.45, 2.75) is 57.5 Å². The number of benzene rings is 1. The highest BCUT2D eigenvalue weighted by Crippen LogP contribution is 2.33. The second kappa shape index (κ2) is 8.12. The van der Waals surface area contributed by atoms with Crippen LogP contribution in [0.25, 0.3) is 11.0 Å². The zero-order valence-corrected chi connectivity index (χ0v) is 15.3. The SMILES string of the molecule is CCCn1c(SCC(=O)N[C@H](C)CC)nc2ccc(C(F)(F)F)cc21. The van der Waals surface area contributed by atoms with Crippen molar-refractivity contribution >= 4 is 28.7 Å². The van der Waals surface area contributed by atoms with Crippen LogP contribution in [0.15, 0.2) is 23.4 Å². The van der Waals surface area contributed by atoms with E-state index in [2.05, 4.69) is 10.3 Å². The minimum Gasteiger partial charge on any atom is -0.353 e. The highest BCUT2D eigenvalue weighted by molar-refractivity contribution is 7.99. The third-order valence-corrected chi connectivity index (χ3v) is 4.82. The average molecular weight is 373 g/mol. The molecule has 1 heterocycles. The fourth-order valence-electron chi connectivity index (χ4n) is 2.38. The quantitative estimate of drug-likeness (QED) is 0.729. The van der Waals surface area contributed by atoms with Gasteiger partial charge in [-0.25, -0.2) is 4.98 Å². The second-order valence-corrected chi connectivity index (χ2v) is 6.86. The van der Waals surface area contributed by atoms with E-state index in [0.29, 0.717) is 22.7 Å². The summed E-state index contributed by atoms with van der Waals surface area (Å²) in [7, 11) is 0. The van der Waals surface area contributed by atoms with Crippen LogP contribution in [0.3, 0.4) is 0 Å². The molecule has 0 aliphatic carbocycles. The molecule has 0 unspecified atom stereocenters. The van der Waals surface area contributed by atoms with Crippen molar-refractivity contribution < 1.29 is 18.0 Å². The first-order chi connectivity index (χ1) is 11.8. The molecule has 2 aromatic rings. The number of nitrogens with zero attached hydrogens (tertiary/aromatic N) is 2. The van der Waals surface area contributed by atoms with Gasteiger partial charge in [0.15, 0.2) is 5.16 Å². The summed E-state index contributed by atoms with van der Waals surface area (Å²) < 4.78 is 40.6. The fraction of sp³-hybridized carbons (Fsp3) is 0.529. The maximum Gasteiger partial charge on any atom is 0.416 e. The topological polar surface area (TPSA) is 46.9 Å². The van der Waals surface area contributed by atoms with Gasteiger partial charge in [0, 0.05) is 12.6 Å². The summed E-state index contributed by atoms with van der Waals surface area (Å²) in [5.74, 6) is 0.0780. The Hall–Kier alpha value is -1.70. The van der Waals surface area contributed by atoms with Crippen LogP contribution in [0, 0.1) is 0 Å². The lowest BCUT2D eigenvalue weighted by atomic mass is 10.2. The number of imidazole rings is 1. The third-order valence-electron chi connectivity index (χ3n) is 3.84. The Morgan fingerprint density at radius 2 is 2.08 bits per heavy atom. The molecule has 8 heteroatoms. The molecule has 0 fully saturated rings. The van der Waals surface area contributed by atoms with Gasteiger partial charge in [0.1, 0.15) is 0 Å². The lowest BCUT2D eigenvalue weighted by Crippen LogP contribution is -2.33. The number of amides is 1. The molecule has 25 heavy (non-hydrogen) atoms. The molecule has 1 amide bonds. The summed E-state index contributed by atoms with van der Waals surface area (Å²) in [5.41, 5.74) is 0.260. The van der Waals surface area contributed by atoms with Gasteiger partial charge in [-0.2, -0.15) is 13.2 Å². The van der Waals surface area contributed by atoms with Crippen LogP contribution in [0.5, 0.6) is 0 Å². The van der Waals surface area contributed by atoms with Crippen molar-refractivity contribution in [1.29, 1.82) is 0 Å². The van der Waals surface area contributed by atoms with Crippen LogP contribution in [0.1, 0.15) is 39.2 Å². The maximum atomic E-state index is 13.0. The summed E-state index contributed by atoms with van der Waals surface area (Å²) in [6.07, 6.45) is -2.79. The molecule has 0 saturated carbocycles. The Kier molecular flexibility index (Phi) is 6.37. The number of fused-ring (bicyclic) bond motifs is 1. The Morgan fingerprint density at radius 1 is 1.36 bits per heavy atom. The number of thioether (sulfide) groups is 1. The van der Waals surface area contributed by atoms with Crippen molar-refractivity contribution in [1.82, 2.24) is 14.9 Å². The fourth-order valence-corrected chi connectivity index (χ4v) is 3.23. The van der Waals surface area contributed by atoms with Gasteiger partial charge in [0.25, 0.3) is 0 Å². The van der Waals surface area contributed by atoms with E-state index in [0.717, 1.165) is 25.0 Å². The van der Waals surface area contributed by atoms with Gasteiger partial charge < -0.3 is 9.88 Å². The van der Waals surface area contributed by atoms with Crippen molar-refractivity contribution in [2.24, 2.45) is 0 Å². The number of aromatic nitrogens is 2. The molecule has 0 bridgehead atoms. The number of carbonyl (C=O) groups excluding carboxylic acids is 1. The summed E-state index contributed by atoms with van der Waals surface area (Å²) >= 11 is 1.25. The molecule has 1 N–H and O–H groups in total. The van der Waals surface area contributed by atoms with Crippen LogP contribution in [-0.2, 0) is 17.5 Å². The van der Waals surface area contributed by atoms with Gasteiger partial charge in [0.2, 0.25) is 5.91 Å². The molecule has 4 nitrogen and oxygen atoms in total. The van der Waals surface area contributed by atoms with E-state index in [9.17, 15) is 18.0 Å². The minimum atomic E-state index is -4.39. The van der Waals surface area contributed by atoms with Gasteiger partial charge in [-0.15, -0.1) is 0 Å². The van der Waals surface area contributed by atoms with Crippen LogP contribution >= 0.6 is 11.8 Å². The number of carbonyl (C=O) groups is 1. The number of hydrogen-bond donors (Lipinski definition) is 1. The Balaban J connectivity index is 2.27. The normalized spacial score (nSPS) is 13.2. The summed E-state index contributed by atoms with van der Waals surface area (Å²) in [5, 5.41) is 3.43. The number of aryl methyl sites for hydroxylation is 1. The molecule has 0 radical (unpaired) electrons. The third kappa shape index (κ3) is 4.90. The lowest BCUT2D eigenvalue weighted by molar-refractivity contribution is -0.137. The van der Waals surface area contributed by atoms with E-state index in [1.54, 1.807) is 4.57 Å². The predicted molar refractivity (Wildman–Crippen MR) is 93.6 cm³/mol. The number of halogens is 3. The van der Waals surface area contributed by atoms with Crippen LogP contribution in [0.2, 0.25) is 0 Å². The van der Waals surface area contributed by atoms with Crippen molar-refractivity contribution in [2.75, 3.05) is 5.75 Å². The van der Waals surface area contributed by atoms with E-state index >= 15 is 0 Å². The highest BCUT2D eigenvalue weighted by Gasteiger charge is 2.31. The molecule has 0 saturated heterocycles. The molecule has 138 valence electrons. The smallest absolute Gasteiger partial charge is 0.353 e. The zero-order chi connectivity index (χ0) is 18.6. The van der Waals surface area contributed by atoms with Crippen molar-refractivity contribution in [3.63, 3.8) is 0 Å². The molecule has 1 atom stereocenters. The van der Waals surface area contributed by atoms with Gasteiger partial charge in [-0.1, -0.05) is 25.6 Å². The molecular formula is C17H22F3N3OS. The Morgan fingerprint density at radius 3 is 2.68 bits per heavy atom. The van der Waals surface area contributed by atoms with Gasteiger partial charge >= 0.3 is 6.18 Å². The standard InChI is InChI=1S/C17H22F3N3OS/c1-4-8-23-14-9-12(17(18,19)20)6-7-13(14)22-16(23)25-10-15(24)21-11(3)5-2/h6-7,9,11H,4-5,8,10H2,1-3H3,(H,21,24)/t11-/m1/s1. The Labute approximate surface area is 149 Å². The molecule has 0 spiro atoms. The molecule has 1 aromatic carbocycles. The predicted octanol–water partition coefficient (Wildman–Crippen LogP) is 4.47. The van der Waals surface area contributed by atoms with E-state index in [-0.39, 0.29) is 17.7 Å². The first kappa shape index (κ1) is 19.6. The zero-order valence-electron chi connectivity index (χ0n) is 14.5. The van der Waals surface area contributed by atoms with Crippen LogP contribution in [-0.4, -0.2) is 27.3 Å². The van der Waals surface area contributed by atoms with Gasteiger partial charge in [0.05, 0.1) is 22.3 Å². The van der Waals surface area contributed by atoms with Crippen LogP contribution in [0.4, 0.5) is 13.2 Å². The number of hydrogen-bond acceptors (Lipinski definition) is 3. The van der Waals surface area contributed by atoms with Crippen molar-refractivity contribution in [3.05, 3.63) is 23.8 Å². The highest BCUT2D eigenvalue weighted by atomic mass is 32.2. The molecule has 0 aliphatic rings. The minimum absolute atomic E-state index is 0.0944. The van der Waals surface area contributed by atoms with E-state index < -0.39 is 11.7 Å². The van der Waals surface area contributed by atoms with Crippen LogP contribution < -0.4 is 5.32 Å².